The van der Waals surface area contributed by atoms with E-state index in [0.717, 1.165) is 45.2 Å². The highest BCUT2D eigenvalue weighted by atomic mass is 16.4. The van der Waals surface area contributed by atoms with Gasteiger partial charge in [-0.1, -0.05) is 75.3 Å². The van der Waals surface area contributed by atoms with E-state index in [0.29, 0.717) is 6.42 Å². The van der Waals surface area contributed by atoms with Gasteiger partial charge >= 0.3 is 5.97 Å². The molecule has 0 saturated carbocycles. The number of aliphatic hydroxyl groups is 1. The molecule has 0 saturated heterocycles. The summed E-state index contributed by atoms with van der Waals surface area (Å²) in [5, 5.41) is 17.7. The normalized spacial score (nSPS) is 11.3. The summed E-state index contributed by atoms with van der Waals surface area (Å²) in [5.74, 6) is -0.674. The van der Waals surface area contributed by atoms with Crippen LogP contribution in [-0.4, -0.2) is 35.9 Å². The predicted octanol–water partition coefficient (Wildman–Crippen LogP) is 6.98. The van der Waals surface area contributed by atoms with Crippen molar-refractivity contribution in [3.8, 4) is 0 Å². The summed E-state index contributed by atoms with van der Waals surface area (Å²) in [7, 11) is 0. The third kappa shape index (κ3) is 16.5. The molecule has 0 aliphatic carbocycles. The monoisotopic (exact) mass is 431 g/mol. The van der Waals surface area contributed by atoms with Gasteiger partial charge in [0.1, 0.15) is 0 Å². The Morgan fingerprint density at radius 3 is 1.81 bits per heavy atom. The zero-order valence-electron chi connectivity index (χ0n) is 19.5. The van der Waals surface area contributed by atoms with E-state index in [-0.39, 0.29) is 6.61 Å². The molecular formula is C27H45NO3. The van der Waals surface area contributed by atoms with E-state index in [9.17, 15) is 4.79 Å². The molecule has 4 nitrogen and oxygen atoms in total. The van der Waals surface area contributed by atoms with Gasteiger partial charge in [-0.3, -0.25) is 4.79 Å². The number of carboxylic acids is 1. The molecule has 0 radical (unpaired) electrons. The van der Waals surface area contributed by atoms with Gasteiger partial charge in [0.2, 0.25) is 0 Å². The average Bonchev–Trinajstić information content (AvgIpc) is 2.78. The number of para-hydroxylation sites is 1. The molecule has 176 valence electrons. The van der Waals surface area contributed by atoms with Crippen LogP contribution in [0.1, 0.15) is 96.3 Å². The summed E-state index contributed by atoms with van der Waals surface area (Å²) in [5.41, 5.74) is 1.26. The summed E-state index contributed by atoms with van der Waals surface area (Å²) < 4.78 is 0. The number of benzene rings is 1. The molecule has 1 aromatic carbocycles. The lowest BCUT2D eigenvalue weighted by Crippen LogP contribution is -2.26. The molecule has 1 aromatic rings. The molecule has 0 aromatic heterocycles. The van der Waals surface area contributed by atoms with Crippen molar-refractivity contribution in [2.24, 2.45) is 0 Å². The molecule has 0 aliphatic rings. The molecule has 0 fully saturated rings. The van der Waals surface area contributed by atoms with Crippen LogP contribution in [-0.2, 0) is 4.79 Å². The quantitative estimate of drug-likeness (QED) is 0.163. The van der Waals surface area contributed by atoms with Crippen LogP contribution < -0.4 is 4.90 Å². The minimum absolute atomic E-state index is 0.256. The number of aliphatic carboxylic acids is 1. The lowest BCUT2D eigenvalue weighted by atomic mass is 10.1. The highest BCUT2D eigenvalue weighted by Crippen LogP contribution is 2.16. The highest BCUT2D eigenvalue weighted by Gasteiger charge is 2.05. The average molecular weight is 432 g/mol. The van der Waals surface area contributed by atoms with Gasteiger partial charge in [0.15, 0.2) is 0 Å². The lowest BCUT2D eigenvalue weighted by molar-refractivity contribution is -0.137. The zero-order valence-corrected chi connectivity index (χ0v) is 19.5. The van der Waals surface area contributed by atoms with E-state index in [1.54, 1.807) is 0 Å². The number of allylic oxidation sites excluding steroid dienone is 2. The molecule has 0 heterocycles. The second kappa shape index (κ2) is 20.1. The molecule has 0 amide bonds. The maximum absolute atomic E-state index is 10.4. The fourth-order valence-electron chi connectivity index (χ4n) is 3.85. The van der Waals surface area contributed by atoms with Crippen LogP contribution in [0.15, 0.2) is 42.5 Å². The minimum atomic E-state index is -0.674. The Balaban J connectivity index is 1.92. The van der Waals surface area contributed by atoms with Crippen molar-refractivity contribution >= 4 is 11.7 Å². The summed E-state index contributed by atoms with van der Waals surface area (Å²) in [4.78, 5) is 12.8. The van der Waals surface area contributed by atoms with E-state index in [1.807, 2.05) is 0 Å². The third-order valence-corrected chi connectivity index (χ3v) is 5.68. The Hall–Kier alpha value is -1.81. The molecule has 2 N–H and O–H groups in total. The maximum atomic E-state index is 10.4. The number of nitrogens with zero attached hydrogens (tertiary/aromatic N) is 1. The van der Waals surface area contributed by atoms with Crippen molar-refractivity contribution in [2.45, 2.75) is 96.3 Å². The third-order valence-electron chi connectivity index (χ3n) is 5.68. The zero-order chi connectivity index (χ0) is 22.4. The molecule has 0 bridgehead atoms. The number of rotatable bonds is 21. The molecule has 1 rings (SSSR count). The molecule has 4 heteroatoms. The number of unbranched alkanes of at least 4 members (excludes halogenated alkanes) is 11. The smallest absolute Gasteiger partial charge is 0.303 e. The van der Waals surface area contributed by atoms with Gasteiger partial charge in [-0.05, 0) is 57.1 Å². The maximum Gasteiger partial charge on any atom is 0.303 e. The second-order valence-electron chi connectivity index (χ2n) is 8.48. The van der Waals surface area contributed by atoms with Crippen molar-refractivity contribution in [3.63, 3.8) is 0 Å². The van der Waals surface area contributed by atoms with Crippen molar-refractivity contribution in [1.29, 1.82) is 0 Å². The number of hydrogen-bond donors (Lipinski definition) is 2. The van der Waals surface area contributed by atoms with Crippen LogP contribution in [0.2, 0.25) is 0 Å². The van der Waals surface area contributed by atoms with Gasteiger partial charge in [-0.15, -0.1) is 0 Å². The minimum Gasteiger partial charge on any atom is -0.481 e. The fourth-order valence-corrected chi connectivity index (χ4v) is 3.85. The number of hydrogen-bond acceptors (Lipinski definition) is 3. The Labute approximate surface area is 190 Å². The first-order valence-electron chi connectivity index (χ1n) is 12.5. The van der Waals surface area contributed by atoms with Gasteiger partial charge < -0.3 is 15.1 Å². The van der Waals surface area contributed by atoms with Gasteiger partial charge in [0, 0.05) is 31.8 Å². The molecule has 0 aliphatic heterocycles. The topological polar surface area (TPSA) is 60.8 Å². The largest absolute Gasteiger partial charge is 0.481 e. The first-order chi connectivity index (χ1) is 15.2. The summed E-state index contributed by atoms with van der Waals surface area (Å²) >= 11 is 0. The molecule has 0 atom stereocenters. The van der Waals surface area contributed by atoms with Crippen LogP contribution in [0.3, 0.4) is 0 Å². The summed E-state index contributed by atoms with van der Waals surface area (Å²) in [6.45, 7) is 2.26. The Bertz CT molecular complexity index is 559. The number of carboxylic acid groups (broad SMARTS) is 1. The van der Waals surface area contributed by atoms with Crippen LogP contribution >= 0.6 is 0 Å². The summed E-state index contributed by atoms with van der Waals surface area (Å²) in [6.07, 6.45) is 21.4. The van der Waals surface area contributed by atoms with E-state index in [4.69, 9.17) is 10.2 Å². The van der Waals surface area contributed by atoms with Gasteiger partial charge in [0.05, 0.1) is 0 Å². The van der Waals surface area contributed by atoms with Crippen LogP contribution in [0, 0.1) is 0 Å². The molecule has 0 unspecified atom stereocenters. The molecule has 31 heavy (non-hydrogen) atoms. The first-order valence-corrected chi connectivity index (χ1v) is 12.5. The van der Waals surface area contributed by atoms with Gasteiger partial charge in [0.25, 0.3) is 0 Å². The first kappa shape index (κ1) is 27.2. The van der Waals surface area contributed by atoms with Crippen molar-refractivity contribution in [2.75, 3.05) is 24.6 Å². The number of aliphatic hydroxyl groups excluding tert-OH is 1. The van der Waals surface area contributed by atoms with Crippen molar-refractivity contribution < 1.29 is 15.0 Å². The Morgan fingerprint density at radius 1 is 0.710 bits per heavy atom. The van der Waals surface area contributed by atoms with Gasteiger partial charge in [-0.25, -0.2) is 0 Å². The fraction of sp³-hybridized carbons (Fsp3) is 0.667. The van der Waals surface area contributed by atoms with E-state index >= 15 is 0 Å². The van der Waals surface area contributed by atoms with E-state index in [2.05, 4.69) is 47.4 Å². The molecule has 0 spiro atoms. The van der Waals surface area contributed by atoms with Crippen molar-refractivity contribution in [1.82, 2.24) is 0 Å². The van der Waals surface area contributed by atoms with Crippen LogP contribution in [0.4, 0.5) is 5.69 Å². The highest BCUT2D eigenvalue weighted by molar-refractivity contribution is 5.66. The Kier molecular flexibility index (Phi) is 17.7. The standard InChI is InChI=1S/C27H45NO3/c29-25-19-24-28(26-20-15-14-16-21-26)23-18-13-11-9-7-5-3-1-2-4-6-8-10-12-17-22-27(30)31/h1-2,14-16,20-21,29H,3-13,17-19,22-25H2,(H,30,31). The van der Waals surface area contributed by atoms with Crippen LogP contribution in [0.5, 0.6) is 0 Å². The van der Waals surface area contributed by atoms with E-state index < -0.39 is 5.97 Å². The predicted molar refractivity (Wildman–Crippen MR) is 132 cm³/mol. The molecular weight excluding hydrogens is 386 g/mol. The summed E-state index contributed by atoms with van der Waals surface area (Å²) in [6, 6.07) is 10.5. The number of carbonyl (C=O) groups is 1. The lowest BCUT2D eigenvalue weighted by Gasteiger charge is -2.24. The second-order valence-corrected chi connectivity index (χ2v) is 8.48. The Morgan fingerprint density at radius 2 is 1.23 bits per heavy atom. The van der Waals surface area contributed by atoms with Crippen molar-refractivity contribution in [3.05, 3.63) is 42.5 Å². The van der Waals surface area contributed by atoms with Crippen LogP contribution in [0.25, 0.3) is 0 Å². The van der Waals surface area contributed by atoms with E-state index in [1.165, 1.54) is 63.5 Å². The SMILES string of the molecule is O=C(O)CCCCCCCC=CCCCCCCCCN(CCCO)c1ccccc1. The van der Waals surface area contributed by atoms with Gasteiger partial charge in [-0.2, -0.15) is 0 Å². The number of anilines is 1.